The van der Waals surface area contributed by atoms with E-state index in [2.05, 4.69) is 4.90 Å². The molecule has 0 N–H and O–H groups in total. The van der Waals surface area contributed by atoms with Crippen LogP contribution in [0.5, 0.6) is 5.75 Å². The molecule has 2 fully saturated rings. The zero-order chi connectivity index (χ0) is 18.6. The van der Waals surface area contributed by atoms with Gasteiger partial charge in [0.15, 0.2) is 11.6 Å². The fourth-order valence-corrected chi connectivity index (χ4v) is 4.35. The first kappa shape index (κ1) is 19.1. The minimum absolute atomic E-state index is 0.158. The van der Waals surface area contributed by atoms with Crippen LogP contribution in [-0.4, -0.2) is 62.7 Å². The number of halogens is 1. The third kappa shape index (κ3) is 4.35. The predicted octanol–water partition coefficient (Wildman–Crippen LogP) is 2.69. The number of piperidine rings is 2. The highest BCUT2D eigenvalue weighted by Crippen LogP contribution is 2.39. The van der Waals surface area contributed by atoms with E-state index in [1.807, 2.05) is 11.0 Å². The number of hydrogen-bond acceptors (Lipinski definition) is 4. The van der Waals surface area contributed by atoms with Crippen LogP contribution in [0.1, 0.15) is 31.2 Å². The lowest BCUT2D eigenvalue weighted by Gasteiger charge is -2.48. The molecular weight excluding hydrogens is 335 g/mol. The first-order chi connectivity index (χ1) is 12.5. The highest BCUT2D eigenvalue weighted by atomic mass is 19.1. The summed E-state index contributed by atoms with van der Waals surface area (Å²) in [6, 6.07) is 5.18. The Morgan fingerprint density at radius 3 is 2.81 bits per heavy atom. The van der Waals surface area contributed by atoms with Crippen molar-refractivity contribution in [3.8, 4) is 5.75 Å². The molecule has 2 heterocycles. The van der Waals surface area contributed by atoms with Crippen LogP contribution in [-0.2, 0) is 16.1 Å². The van der Waals surface area contributed by atoms with Crippen LogP contribution in [0.15, 0.2) is 18.2 Å². The van der Waals surface area contributed by atoms with Gasteiger partial charge in [0.1, 0.15) is 0 Å². The van der Waals surface area contributed by atoms with Crippen LogP contribution in [0, 0.1) is 11.2 Å². The van der Waals surface area contributed by atoms with Gasteiger partial charge >= 0.3 is 0 Å². The Morgan fingerprint density at radius 2 is 2.08 bits per heavy atom. The van der Waals surface area contributed by atoms with Gasteiger partial charge in [-0.15, -0.1) is 0 Å². The summed E-state index contributed by atoms with van der Waals surface area (Å²) in [5.41, 5.74) is 1.12. The Bertz CT molecular complexity index is 639. The van der Waals surface area contributed by atoms with E-state index in [1.165, 1.54) is 7.11 Å². The van der Waals surface area contributed by atoms with Crippen molar-refractivity contribution >= 4 is 5.91 Å². The molecule has 0 bridgehead atoms. The normalized spacial score (nSPS) is 24.3. The van der Waals surface area contributed by atoms with E-state index in [1.54, 1.807) is 19.2 Å². The summed E-state index contributed by atoms with van der Waals surface area (Å²) in [4.78, 5) is 16.6. The van der Waals surface area contributed by atoms with E-state index in [4.69, 9.17) is 9.47 Å². The molecule has 0 radical (unpaired) electrons. The van der Waals surface area contributed by atoms with Crippen molar-refractivity contribution in [1.29, 1.82) is 0 Å². The molecule has 0 unspecified atom stereocenters. The molecule has 1 aromatic carbocycles. The summed E-state index contributed by atoms with van der Waals surface area (Å²) in [5, 5.41) is 0. The smallest absolute Gasteiger partial charge is 0.222 e. The molecule has 1 atom stereocenters. The zero-order valence-corrected chi connectivity index (χ0v) is 15.8. The lowest BCUT2D eigenvalue weighted by atomic mass is 9.73. The molecular formula is C20H29FN2O3. The van der Waals surface area contributed by atoms with Crippen molar-refractivity contribution in [2.75, 3.05) is 47.0 Å². The van der Waals surface area contributed by atoms with E-state index >= 15 is 0 Å². The van der Waals surface area contributed by atoms with E-state index in [-0.39, 0.29) is 22.9 Å². The van der Waals surface area contributed by atoms with Gasteiger partial charge in [0.05, 0.1) is 13.7 Å². The molecule has 2 aliphatic heterocycles. The van der Waals surface area contributed by atoms with Gasteiger partial charge < -0.3 is 14.4 Å². The standard InChI is InChI=1S/C20H29FN2O3/c1-25-11-10-23-15-20(8-6-19(23)24)7-3-9-22(14-20)13-16-4-5-18(26-2)17(21)12-16/h4-5,12H,3,6-11,13-15H2,1-2H3/t20-/m0/s1. The minimum atomic E-state index is -0.314. The van der Waals surface area contributed by atoms with Gasteiger partial charge in [0.2, 0.25) is 5.91 Å². The average molecular weight is 364 g/mol. The van der Waals surface area contributed by atoms with Gasteiger partial charge in [-0.05, 0) is 43.5 Å². The van der Waals surface area contributed by atoms with Crippen molar-refractivity contribution in [1.82, 2.24) is 9.80 Å². The number of methoxy groups -OCH3 is 2. The van der Waals surface area contributed by atoms with E-state index in [9.17, 15) is 9.18 Å². The lowest BCUT2D eigenvalue weighted by Crippen LogP contribution is -2.54. The summed E-state index contributed by atoms with van der Waals surface area (Å²) in [6.07, 6.45) is 3.83. The highest BCUT2D eigenvalue weighted by Gasteiger charge is 2.41. The molecule has 0 aromatic heterocycles. The average Bonchev–Trinajstić information content (AvgIpc) is 2.63. The Labute approximate surface area is 155 Å². The van der Waals surface area contributed by atoms with Crippen LogP contribution in [0.25, 0.3) is 0 Å². The van der Waals surface area contributed by atoms with Crippen LogP contribution < -0.4 is 4.74 Å². The van der Waals surface area contributed by atoms with E-state index in [0.29, 0.717) is 19.6 Å². The summed E-state index contributed by atoms with van der Waals surface area (Å²) >= 11 is 0. The monoisotopic (exact) mass is 364 g/mol. The second kappa shape index (κ2) is 8.35. The zero-order valence-electron chi connectivity index (χ0n) is 15.8. The summed E-state index contributed by atoms with van der Waals surface area (Å²) < 4.78 is 24.1. The van der Waals surface area contributed by atoms with Crippen LogP contribution in [0.4, 0.5) is 4.39 Å². The molecule has 1 amide bonds. The Hall–Kier alpha value is -1.66. The molecule has 1 aromatic rings. The molecule has 0 aliphatic carbocycles. The van der Waals surface area contributed by atoms with Gasteiger partial charge in [0.25, 0.3) is 0 Å². The van der Waals surface area contributed by atoms with Gasteiger partial charge in [-0.3, -0.25) is 9.69 Å². The van der Waals surface area contributed by atoms with Gasteiger partial charge in [0, 0.05) is 45.1 Å². The van der Waals surface area contributed by atoms with Crippen molar-refractivity contribution in [3.05, 3.63) is 29.6 Å². The second-order valence-electron chi connectivity index (χ2n) is 7.59. The van der Waals surface area contributed by atoms with Gasteiger partial charge in [-0.1, -0.05) is 6.07 Å². The quantitative estimate of drug-likeness (QED) is 0.778. The minimum Gasteiger partial charge on any atom is -0.494 e. The first-order valence-electron chi connectivity index (χ1n) is 9.37. The molecule has 6 heteroatoms. The van der Waals surface area contributed by atoms with E-state index in [0.717, 1.165) is 51.0 Å². The number of rotatable bonds is 6. The lowest BCUT2D eigenvalue weighted by molar-refractivity contribution is -0.140. The molecule has 2 saturated heterocycles. The SMILES string of the molecule is COCCN1C[C@@]2(CCCN(Cc3ccc(OC)c(F)c3)C2)CCC1=O. The summed E-state index contributed by atoms with van der Waals surface area (Å²) in [7, 11) is 3.15. The van der Waals surface area contributed by atoms with Crippen molar-refractivity contribution < 1.29 is 18.7 Å². The first-order valence-corrected chi connectivity index (χ1v) is 9.37. The Balaban J connectivity index is 1.65. The highest BCUT2D eigenvalue weighted by molar-refractivity contribution is 5.77. The number of hydrogen-bond donors (Lipinski definition) is 0. The predicted molar refractivity (Wildman–Crippen MR) is 97.6 cm³/mol. The van der Waals surface area contributed by atoms with Crippen molar-refractivity contribution in [2.45, 2.75) is 32.2 Å². The maximum Gasteiger partial charge on any atom is 0.222 e. The molecule has 26 heavy (non-hydrogen) atoms. The number of carbonyl (C=O) groups is 1. The molecule has 0 saturated carbocycles. The van der Waals surface area contributed by atoms with Crippen molar-refractivity contribution in [3.63, 3.8) is 0 Å². The third-order valence-electron chi connectivity index (χ3n) is 5.68. The Morgan fingerprint density at radius 1 is 1.23 bits per heavy atom. The molecule has 5 nitrogen and oxygen atoms in total. The maximum absolute atomic E-state index is 14.0. The molecule has 1 spiro atoms. The number of likely N-dealkylation sites (tertiary alicyclic amines) is 2. The Kier molecular flexibility index (Phi) is 6.14. The maximum atomic E-state index is 14.0. The molecule has 2 aliphatic rings. The van der Waals surface area contributed by atoms with Crippen LogP contribution in [0.2, 0.25) is 0 Å². The fourth-order valence-electron chi connectivity index (χ4n) is 4.35. The fraction of sp³-hybridized carbons (Fsp3) is 0.650. The van der Waals surface area contributed by atoms with Gasteiger partial charge in [-0.2, -0.15) is 0 Å². The number of carbonyl (C=O) groups excluding carboxylic acids is 1. The largest absolute Gasteiger partial charge is 0.494 e. The topological polar surface area (TPSA) is 42.0 Å². The number of ether oxygens (including phenoxy) is 2. The van der Waals surface area contributed by atoms with Crippen LogP contribution >= 0.6 is 0 Å². The number of benzene rings is 1. The van der Waals surface area contributed by atoms with Gasteiger partial charge in [-0.25, -0.2) is 4.39 Å². The third-order valence-corrected chi connectivity index (χ3v) is 5.68. The second-order valence-corrected chi connectivity index (χ2v) is 7.59. The van der Waals surface area contributed by atoms with Crippen LogP contribution in [0.3, 0.4) is 0 Å². The number of nitrogens with zero attached hydrogens (tertiary/aromatic N) is 2. The number of amides is 1. The van der Waals surface area contributed by atoms with E-state index < -0.39 is 0 Å². The summed E-state index contributed by atoms with van der Waals surface area (Å²) in [6.45, 7) is 4.76. The molecule has 3 rings (SSSR count). The summed E-state index contributed by atoms with van der Waals surface area (Å²) in [5.74, 6) is 0.205. The van der Waals surface area contributed by atoms with Crippen molar-refractivity contribution in [2.24, 2.45) is 5.41 Å². The molecule has 144 valence electrons.